The Morgan fingerprint density at radius 3 is 1.85 bits per heavy atom. The average Bonchev–Trinajstić information content (AvgIpc) is 3.11. The minimum Gasteiger partial charge on any atom is -0.487 e. The molecule has 306 valence electrons. The average molecular weight is 755 g/mol. The Labute approximate surface area is 316 Å². The van der Waals surface area contributed by atoms with Crippen molar-refractivity contribution in [1.29, 1.82) is 0 Å². The number of hydrogen-bond donors (Lipinski definition) is 7. The van der Waals surface area contributed by atoms with Crippen molar-refractivity contribution in [3.63, 3.8) is 0 Å². The van der Waals surface area contributed by atoms with Crippen LogP contribution in [0, 0.1) is 38.5 Å². The van der Waals surface area contributed by atoms with Gasteiger partial charge in [-0.2, -0.15) is 0 Å². The molecule has 0 radical (unpaired) electrons. The van der Waals surface area contributed by atoms with Gasteiger partial charge in [-0.15, -0.1) is 0 Å². The summed E-state index contributed by atoms with van der Waals surface area (Å²) in [5, 5.41) is 72.7. The van der Waals surface area contributed by atoms with Crippen molar-refractivity contribution >= 4 is 0 Å². The molecule has 1 aromatic rings. The summed E-state index contributed by atoms with van der Waals surface area (Å²) in [5.41, 5.74) is 3.34. The zero-order valence-electron chi connectivity index (χ0n) is 33.4. The van der Waals surface area contributed by atoms with Gasteiger partial charge in [-0.1, -0.05) is 72.6 Å². The fourth-order valence-corrected chi connectivity index (χ4v) is 8.21. The maximum absolute atomic E-state index is 11.2. The zero-order valence-corrected chi connectivity index (χ0v) is 33.4. The van der Waals surface area contributed by atoms with E-state index < -0.39 is 74.6 Å². The van der Waals surface area contributed by atoms with Crippen LogP contribution in [0.3, 0.4) is 0 Å². The SMILES string of the molecule is Cc1c(C)c2c(c(C)c1O[C@@H]1O[C@H](CO)[C@@H](O[C@H]3O[C@H](CO)[C@@H](O)[C@H](O)[C@H]3O)[C@H](O)[C@H]1O)CC[C@@](C)(CCC[C@H](C)CCC[C@H](C)CCCC(C)C)O2. The van der Waals surface area contributed by atoms with Crippen LogP contribution in [0.4, 0.5) is 0 Å². The monoisotopic (exact) mass is 754 g/mol. The molecule has 0 amide bonds. The number of aliphatic hydroxyl groups excluding tert-OH is 7. The van der Waals surface area contributed by atoms with Crippen molar-refractivity contribution in [2.45, 2.75) is 193 Å². The van der Waals surface area contributed by atoms with E-state index in [1.807, 2.05) is 20.8 Å². The number of benzene rings is 1. The Kier molecular flexibility index (Phi) is 16.3. The van der Waals surface area contributed by atoms with Gasteiger partial charge in [0.15, 0.2) is 6.29 Å². The minimum absolute atomic E-state index is 0.277. The van der Waals surface area contributed by atoms with E-state index >= 15 is 0 Å². The molecule has 3 aliphatic rings. The third-order valence-electron chi connectivity index (χ3n) is 12.0. The third-order valence-corrected chi connectivity index (χ3v) is 12.0. The van der Waals surface area contributed by atoms with E-state index in [4.69, 9.17) is 23.7 Å². The van der Waals surface area contributed by atoms with Gasteiger partial charge in [0.2, 0.25) is 6.29 Å². The second kappa shape index (κ2) is 19.5. The van der Waals surface area contributed by atoms with Crippen LogP contribution >= 0.6 is 0 Å². The van der Waals surface area contributed by atoms with Gasteiger partial charge in [0, 0.05) is 5.56 Å². The molecule has 0 bridgehead atoms. The number of hydrogen-bond acceptors (Lipinski definition) is 12. The lowest BCUT2D eigenvalue weighted by Crippen LogP contribution is -2.65. The molecule has 0 spiro atoms. The predicted octanol–water partition coefficient (Wildman–Crippen LogP) is 4.14. The van der Waals surface area contributed by atoms with Gasteiger partial charge in [-0.05, 0) is 87.8 Å². The van der Waals surface area contributed by atoms with Gasteiger partial charge in [-0.3, -0.25) is 0 Å². The van der Waals surface area contributed by atoms with Crippen molar-refractivity contribution in [2.24, 2.45) is 17.8 Å². The van der Waals surface area contributed by atoms with Crippen molar-refractivity contribution in [3.05, 3.63) is 22.3 Å². The van der Waals surface area contributed by atoms with Crippen molar-refractivity contribution in [3.8, 4) is 11.5 Å². The molecule has 2 saturated heterocycles. The molecular formula is C41H70O12. The first kappa shape index (κ1) is 44.1. The van der Waals surface area contributed by atoms with Crippen LogP contribution in [0.2, 0.25) is 0 Å². The molecule has 0 saturated carbocycles. The van der Waals surface area contributed by atoms with Gasteiger partial charge >= 0.3 is 0 Å². The minimum atomic E-state index is -1.74. The second-order valence-corrected chi connectivity index (χ2v) is 17.0. The fourth-order valence-electron chi connectivity index (χ4n) is 8.21. The lowest BCUT2D eigenvalue weighted by molar-refractivity contribution is -0.352. The second-order valence-electron chi connectivity index (χ2n) is 17.0. The first-order valence-corrected chi connectivity index (χ1v) is 20.1. The molecule has 3 aliphatic heterocycles. The van der Waals surface area contributed by atoms with Crippen LogP contribution < -0.4 is 9.47 Å². The van der Waals surface area contributed by atoms with Crippen LogP contribution in [0.1, 0.15) is 121 Å². The van der Waals surface area contributed by atoms with Gasteiger partial charge < -0.3 is 59.4 Å². The molecule has 2 fully saturated rings. The molecule has 7 N–H and O–H groups in total. The highest BCUT2D eigenvalue weighted by Crippen LogP contribution is 2.46. The highest BCUT2D eigenvalue weighted by Gasteiger charge is 2.51. The lowest BCUT2D eigenvalue weighted by Gasteiger charge is -2.46. The van der Waals surface area contributed by atoms with Crippen LogP contribution in [0.15, 0.2) is 0 Å². The molecule has 12 nitrogen and oxygen atoms in total. The maximum Gasteiger partial charge on any atom is 0.229 e. The molecule has 4 rings (SSSR count). The standard InChI is InChI=1S/C41H70O12/c1-22(2)12-9-13-23(3)14-10-15-24(4)16-11-18-41(8)19-17-28-27(7)36(25(5)26(6)37(28)53-41)51-40-35(48)33(46)38(30(21-43)50-40)52-39-34(47)32(45)31(44)29(20-42)49-39/h22-24,29-35,38-40,42-48H,9-21H2,1-8H3/t23-,24-,29-,30-,31-,32+,33-,34-,35-,38-,39-,40+,41-/m1/s1. The molecular weight excluding hydrogens is 684 g/mol. The van der Waals surface area contributed by atoms with E-state index in [1.54, 1.807) is 0 Å². The van der Waals surface area contributed by atoms with Gasteiger partial charge in [-0.25, -0.2) is 0 Å². The Bertz CT molecular complexity index is 1290. The van der Waals surface area contributed by atoms with Crippen molar-refractivity contribution in [2.75, 3.05) is 13.2 Å². The molecule has 1 aromatic carbocycles. The summed E-state index contributed by atoms with van der Waals surface area (Å²) in [7, 11) is 0. The third kappa shape index (κ3) is 10.8. The summed E-state index contributed by atoms with van der Waals surface area (Å²) in [6.45, 7) is 16.1. The highest BCUT2D eigenvalue weighted by molar-refractivity contribution is 5.59. The topological polar surface area (TPSA) is 188 Å². The Morgan fingerprint density at radius 1 is 0.679 bits per heavy atom. The van der Waals surface area contributed by atoms with Gasteiger partial charge in [0.05, 0.1) is 13.2 Å². The van der Waals surface area contributed by atoms with E-state index in [-0.39, 0.29) is 5.60 Å². The van der Waals surface area contributed by atoms with Crippen molar-refractivity contribution < 1.29 is 59.4 Å². The first-order valence-electron chi connectivity index (χ1n) is 20.1. The van der Waals surface area contributed by atoms with Crippen LogP contribution in [-0.2, 0) is 20.6 Å². The highest BCUT2D eigenvalue weighted by atomic mass is 16.7. The lowest BCUT2D eigenvalue weighted by atomic mass is 9.83. The summed E-state index contributed by atoms with van der Waals surface area (Å²) >= 11 is 0. The Morgan fingerprint density at radius 2 is 1.25 bits per heavy atom. The molecule has 0 unspecified atom stereocenters. The summed E-state index contributed by atoms with van der Waals surface area (Å²) in [4.78, 5) is 0. The van der Waals surface area contributed by atoms with Crippen LogP contribution in [0.25, 0.3) is 0 Å². The molecule has 53 heavy (non-hydrogen) atoms. The maximum atomic E-state index is 11.2. The van der Waals surface area contributed by atoms with Gasteiger partial charge in [0.1, 0.15) is 65.9 Å². The quantitative estimate of drug-likeness (QED) is 0.114. The fraction of sp³-hybridized carbons (Fsp3) is 0.854. The van der Waals surface area contributed by atoms with Crippen LogP contribution in [0.5, 0.6) is 11.5 Å². The summed E-state index contributed by atoms with van der Waals surface area (Å²) in [6.07, 6.45) is -2.36. The normalized spacial score (nSPS) is 34.4. The number of ether oxygens (including phenoxy) is 5. The predicted molar refractivity (Wildman–Crippen MR) is 200 cm³/mol. The Balaban J connectivity index is 1.35. The van der Waals surface area contributed by atoms with Gasteiger partial charge in [0.25, 0.3) is 0 Å². The van der Waals surface area contributed by atoms with E-state index in [2.05, 4.69) is 34.6 Å². The summed E-state index contributed by atoms with van der Waals surface area (Å²) in [6, 6.07) is 0. The summed E-state index contributed by atoms with van der Waals surface area (Å²) in [5.74, 6) is 3.66. The zero-order chi connectivity index (χ0) is 39.2. The molecule has 13 atom stereocenters. The molecule has 0 aromatic heterocycles. The smallest absolute Gasteiger partial charge is 0.229 e. The van der Waals surface area contributed by atoms with E-state index in [9.17, 15) is 35.7 Å². The first-order chi connectivity index (χ1) is 25.0. The molecule has 3 heterocycles. The Hall–Kier alpha value is -1.58. The van der Waals surface area contributed by atoms with Crippen LogP contribution in [-0.4, -0.2) is 116 Å². The van der Waals surface area contributed by atoms with E-state index in [0.717, 1.165) is 65.5 Å². The number of rotatable bonds is 18. The summed E-state index contributed by atoms with van der Waals surface area (Å²) < 4.78 is 30.1. The van der Waals surface area contributed by atoms with E-state index in [1.165, 1.54) is 44.9 Å². The molecule has 12 heteroatoms. The number of fused-ring (bicyclic) bond motifs is 1. The van der Waals surface area contributed by atoms with E-state index in [0.29, 0.717) is 11.7 Å². The molecule has 0 aliphatic carbocycles. The van der Waals surface area contributed by atoms with Crippen molar-refractivity contribution in [1.82, 2.24) is 0 Å². The largest absolute Gasteiger partial charge is 0.487 e. The number of aliphatic hydroxyl groups is 7.